The average molecular weight is 161 g/mol. The van der Waals surface area contributed by atoms with Gasteiger partial charge in [-0.1, -0.05) is 20.8 Å². The first-order chi connectivity index (χ1) is 4.76. The van der Waals surface area contributed by atoms with Crippen LogP contribution in [0, 0.1) is 5.41 Å². The van der Waals surface area contributed by atoms with Crippen LogP contribution < -0.4 is 5.73 Å². The van der Waals surface area contributed by atoms with E-state index in [-0.39, 0.29) is 0 Å². The van der Waals surface area contributed by atoms with Gasteiger partial charge in [-0.15, -0.1) is 0 Å². The summed E-state index contributed by atoms with van der Waals surface area (Å²) in [5.41, 5.74) is 4.71. The molecule has 0 aliphatic carbocycles. The second-order valence-corrected chi connectivity index (χ2v) is 3.67. The summed E-state index contributed by atoms with van der Waals surface area (Å²) in [5, 5.41) is 17.7. The van der Waals surface area contributed by atoms with E-state index in [4.69, 9.17) is 10.8 Å². The number of carbonyl (C=O) groups is 1. The molecule has 0 aromatic carbocycles. The zero-order valence-electron chi connectivity index (χ0n) is 7.03. The smallest absolute Gasteiger partial charge is 0.323 e. The van der Waals surface area contributed by atoms with Gasteiger partial charge in [-0.2, -0.15) is 0 Å². The number of aliphatic hydroxyl groups excluding tert-OH is 1. The Kier molecular flexibility index (Phi) is 3.02. The Morgan fingerprint density at radius 2 is 1.82 bits per heavy atom. The Balaban J connectivity index is 4.25. The fourth-order valence-electron chi connectivity index (χ4n) is 0.674. The van der Waals surface area contributed by atoms with Gasteiger partial charge in [0, 0.05) is 0 Å². The summed E-state index contributed by atoms with van der Waals surface area (Å²) in [6, 6.07) is -1.20. The van der Waals surface area contributed by atoms with Crippen molar-refractivity contribution in [1.29, 1.82) is 0 Å². The third kappa shape index (κ3) is 2.86. The van der Waals surface area contributed by atoms with E-state index in [1.165, 1.54) is 0 Å². The van der Waals surface area contributed by atoms with E-state index in [1.54, 1.807) is 20.8 Å². The lowest BCUT2D eigenvalue weighted by molar-refractivity contribution is -0.143. The molecule has 0 spiro atoms. The molecular formula is C7H15NO3. The lowest BCUT2D eigenvalue weighted by Crippen LogP contribution is -2.48. The molecule has 0 amide bonds. The highest BCUT2D eigenvalue weighted by atomic mass is 16.4. The van der Waals surface area contributed by atoms with Crippen LogP contribution in [0.5, 0.6) is 0 Å². The second-order valence-electron chi connectivity index (χ2n) is 3.67. The molecule has 0 aliphatic heterocycles. The molecule has 11 heavy (non-hydrogen) atoms. The largest absolute Gasteiger partial charge is 0.480 e. The van der Waals surface area contributed by atoms with Gasteiger partial charge in [0.1, 0.15) is 6.04 Å². The van der Waals surface area contributed by atoms with E-state index >= 15 is 0 Å². The molecule has 66 valence electrons. The van der Waals surface area contributed by atoms with Crippen LogP contribution in [0.25, 0.3) is 0 Å². The molecule has 0 aromatic heterocycles. The maximum absolute atomic E-state index is 10.3. The number of aliphatic hydroxyl groups is 1. The van der Waals surface area contributed by atoms with Crippen LogP contribution >= 0.6 is 0 Å². The van der Waals surface area contributed by atoms with E-state index in [9.17, 15) is 9.90 Å². The molecule has 0 rings (SSSR count). The van der Waals surface area contributed by atoms with Crippen LogP contribution in [0.2, 0.25) is 0 Å². The molecular weight excluding hydrogens is 146 g/mol. The molecule has 0 bridgehead atoms. The van der Waals surface area contributed by atoms with Crippen LogP contribution in [-0.2, 0) is 4.79 Å². The van der Waals surface area contributed by atoms with Gasteiger partial charge >= 0.3 is 5.97 Å². The first kappa shape index (κ1) is 10.4. The van der Waals surface area contributed by atoms with Crippen molar-refractivity contribution in [3.63, 3.8) is 0 Å². The van der Waals surface area contributed by atoms with Gasteiger partial charge in [0.05, 0.1) is 6.10 Å². The van der Waals surface area contributed by atoms with Gasteiger partial charge in [-0.25, -0.2) is 0 Å². The molecule has 0 fully saturated rings. The van der Waals surface area contributed by atoms with Crippen molar-refractivity contribution in [3.05, 3.63) is 0 Å². The Morgan fingerprint density at radius 1 is 1.45 bits per heavy atom. The molecule has 4 heteroatoms. The summed E-state index contributed by atoms with van der Waals surface area (Å²) in [6.07, 6.45) is -1.01. The van der Waals surface area contributed by atoms with Crippen molar-refractivity contribution in [1.82, 2.24) is 0 Å². The van der Waals surface area contributed by atoms with Crippen LogP contribution in [-0.4, -0.2) is 28.3 Å². The van der Waals surface area contributed by atoms with Gasteiger partial charge in [0.25, 0.3) is 0 Å². The van der Waals surface area contributed by atoms with E-state index < -0.39 is 23.5 Å². The second kappa shape index (κ2) is 3.19. The highest BCUT2D eigenvalue weighted by Gasteiger charge is 2.32. The zero-order chi connectivity index (χ0) is 9.23. The first-order valence-electron chi connectivity index (χ1n) is 3.43. The van der Waals surface area contributed by atoms with Crippen LogP contribution in [0.15, 0.2) is 0 Å². The van der Waals surface area contributed by atoms with Crippen molar-refractivity contribution in [2.24, 2.45) is 11.1 Å². The summed E-state index contributed by atoms with van der Waals surface area (Å²) in [7, 11) is 0. The highest BCUT2D eigenvalue weighted by Crippen LogP contribution is 2.20. The van der Waals surface area contributed by atoms with Crippen LogP contribution in [0.4, 0.5) is 0 Å². The third-order valence-electron chi connectivity index (χ3n) is 1.51. The van der Waals surface area contributed by atoms with Crippen LogP contribution in [0.1, 0.15) is 20.8 Å². The number of hydrogen-bond donors (Lipinski definition) is 3. The van der Waals surface area contributed by atoms with Crippen molar-refractivity contribution in [2.45, 2.75) is 32.9 Å². The van der Waals surface area contributed by atoms with Crippen molar-refractivity contribution in [2.75, 3.05) is 0 Å². The van der Waals surface area contributed by atoms with Gasteiger partial charge in [0.15, 0.2) is 0 Å². The lowest BCUT2D eigenvalue weighted by atomic mass is 9.85. The molecule has 0 saturated carbocycles. The minimum absolute atomic E-state index is 0.488. The molecule has 2 atom stereocenters. The van der Waals surface area contributed by atoms with E-state index in [0.29, 0.717) is 0 Å². The molecule has 0 saturated heterocycles. The minimum atomic E-state index is -1.20. The average Bonchev–Trinajstić information content (AvgIpc) is 1.82. The number of aliphatic carboxylic acids is 1. The summed E-state index contributed by atoms with van der Waals surface area (Å²) in [5.74, 6) is -1.17. The molecule has 0 heterocycles. The summed E-state index contributed by atoms with van der Waals surface area (Å²) in [4.78, 5) is 10.3. The number of hydrogen-bond acceptors (Lipinski definition) is 3. The van der Waals surface area contributed by atoms with Gasteiger partial charge in [0.2, 0.25) is 0 Å². The van der Waals surface area contributed by atoms with Crippen molar-refractivity contribution >= 4 is 5.97 Å². The number of rotatable bonds is 2. The van der Waals surface area contributed by atoms with Crippen molar-refractivity contribution < 1.29 is 15.0 Å². The Morgan fingerprint density at radius 3 is 1.91 bits per heavy atom. The minimum Gasteiger partial charge on any atom is -0.480 e. The monoisotopic (exact) mass is 161 g/mol. The van der Waals surface area contributed by atoms with Gasteiger partial charge in [-0.05, 0) is 5.41 Å². The highest BCUT2D eigenvalue weighted by molar-refractivity contribution is 5.74. The number of nitrogens with two attached hydrogens (primary N) is 1. The Bertz CT molecular complexity index is 150. The van der Waals surface area contributed by atoms with E-state index in [2.05, 4.69) is 0 Å². The van der Waals surface area contributed by atoms with Gasteiger partial charge in [-0.3, -0.25) is 4.79 Å². The quantitative estimate of drug-likeness (QED) is 0.524. The molecule has 0 aliphatic rings. The van der Waals surface area contributed by atoms with E-state index in [1.807, 2.05) is 0 Å². The maximum Gasteiger partial charge on any atom is 0.323 e. The summed E-state index contributed by atoms with van der Waals surface area (Å²) < 4.78 is 0. The number of carboxylic acids is 1. The zero-order valence-corrected chi connectivity index (χ0v) is 7.03. The van der Waals surface area contributed by atoms with Crippen LogP contribution in [0.3, 0.4) is 0 Å². The predicted octanol–water partition coefficient (Wildman–Crippen LogP) is -0.195. The molecule has 4 N–H and O–H groups in total. The summed E-state index contributed by atoms with van der Waals surface area (Å²) in [6.45, 7) is 5.21. The maximum atomic E-state index is 10.3. The third-order valence-corrected chi connectivity index (χ3v) is 1.51. The van der Waals surface area contributed by atoms with Gasteiger partial charge < -0.3 is 15.9 Å². The standard InChI is InChI=1S/C7H15NO3/c1-7(2,3)5(9)4(8)6(10)11/h4-5,9H,8H2,1-3H3,(H,10,11)/t4-,5+/m1/s1. The molecule has 0 aromatic rings. The van der Waals surface area contributed by atoms with E-state index in [0.717, 1.165) is 0 Å². The fourth-order valence-corrected chi connectivity index (χ4v) is 0.674. The SMILES string of the molecule is CC(C)(C)[C@@H](O)[C@@H](N)C(=O)O. The Hall–Kier alpha value is -0.610. The summed E-state index contributed by atoms with van der Waals surface area (Å²) >= 11 is 0. The molecule has 4 nitrogen and oxygen atoms in total. The first-order valence-corrected chi connectivity index (χ1v) is 3.43. The normalized spacial score (nSPS) is 17.5. The van der Waals surface area contributed by atoms with Crippen molar-refractivity contribution in [3.8, 4) is 0 Å². The lowest BCUT2D eigenvalue weighted by Gasteiger charge is -2.28. The Labute approximate surface area is 66.0 Å². The topological polar surface area (TPSA) is 83.5 Å². The number of carboxylic acid groups (broad SMARTS) is 1. The molecule has 0 radical (unpaired) electrons. The molecule has 0 unspecified atom stereocenters. The predicted molar refractivity (Wildman–Crippen MR) is 41.1 cm³/mol. The fraction of sp³-hybridized carbons (Fsp3) is 0.857.